The van der Waals surface area contributed by atoms with E-state index >= 15 is 0 Å². The molecule has 0 N–H and O–H groups in total. The molecule has 6 heteroatoms. The lowest BCUT2D eigenvalue weighted by atomic mass is 10.1. The van der Waals surface area contributed by atoms with Crippen molar-refractivity contribution in [3.05, 3.63) is 83.0 Å². The quantitative estimate of drug-likeness (QED) is 0.452. The standard InChI is InChI=1S/C21H18BrN3O2/c1-14(24(2)21(26)19-11-12-20(22)27-19)15-7-9-16(10-8-15)25-13-23-17-5-3-4-6-18(17)25/h3-14H,1-2H3/t14-/m1/s1. The molecule has 0 aliphatic carbocycles. The fraction of sp³-hybridized carbons (Fsp3) is 0.143. The van der Waals surface area contributed by atoms with Crippen LogP contribution in [-0.4, -0.2) is 27.4 Å². The molecule has 0 aliphatic rings. The smallest absolute Gasteiger partial charge is 0.289 e. The highest BCUT2D eigenvalue weighted by Crippen LogP contribution is 2.25. The van der Waals surface area contributed by atoms with Crippen LogP contribution in [0.25, 0.3) is 16.7 Å². The first kappa shape index (κ1) is 17.5. The fourth-order valence-electron chi connectivity index (χ4n) is 3.08. The molecule has 2 aromatic carbocycles. The van der Waals surface area contributed by atoms with E-state index < -0.39 is 0 Å². The maximum absolute atomic E-state index is 12.6. The molecule has 0 saturated carbocycles. The average molecular weight is 424 g/mol. The van der Waals surface area contributed by atoms with Gasteiger partial charge in [-0.05, 0) is 64.8 Å². The molecule has 1 atom stereocenters. The number of nitrogens with zero attached hydrogens (tertiary/aromatic N) is 3. The molecule has 4 rings (SSSR count). The van der Waals surface area contributed by atoms with Gasteiger partial charge < -0.3 is 9.32 Å². The molecular formula is C21H18BrN3O2. The van der Waals surface area contributed by atoms with E-state index in [2.05, 4.69) is 25.5 Å². The molecule has 1 amide bonds. The van der Waals surface area contributed by atoms with E-state index in [9.17, 15) is 4.79 Å². The summed E-state index contributed by atoms with van der Waals surface area (Å²) in [5.74, 6) is 0.163. The van der Waals surface area contributed by atoms with Crippen molar-refractivity contribution in [2.24, 2.45) is 0 Å². The average Bonchev–Trinajstić information content (AvgIpc) is 3.33. The lowest BCUT2D eigenvalue weighted by Gasteiger charge is -2.24. The summed E-state index contributed by atoms with van der Waals surface area (Å²) < 4.78 is 7.98. The number of rotatable bonds is 4. The normalized spacial score (nSPS) is 12.3. The van der Waals surface area contributed by atoms with Gasteiger partial charge in [0.1, 0.15) is 6.33 Å². The summed E-state index contributed by atoms with van der Waals surface area (Å²) in [7, 11) is 1.78. The van der Waals surface area contributed by atoms with E-state index in [1.165, 1.54) is 0 Å². The Morgan fingerprint density at radius 1 is 1.11 bits per heavy atom. The minimum Gasteiger partial charge on any atom is -0.444 e. The zero-order valence-corrected chi connectivity index (χ0v) is 16.6. The van der Waals surface area contributed by atoms with Gasteiger partial charge in [-0.3, -0.25) is 9.36 Å². The van der Waals surface area contributed by atoms with E-state index in [1.807, 2.05) is 61.8 Å². The van der Waals surface area contributed by atoms with Gasteiger partial charge in [0.15, 0.2) is 10.4 Å². The predicted octanol–water partition coefficient (Wildman–Crippen LogP) is 5.21. The van der Waals surface area contributed by atoms with Crippen molar-refractivity contribution in [2.75, 3.05) is 7.05 Å². The summed E-state index contributed by atoms with van der Waals surface area (Å²) in [4.78, 5) is 18.7. The Morgan fingerprint density at radius 2 is 1.85 bits per heavy atom. The van der Waals surface area contributed by atoms with Crippen LogP contribution in [0.3, 0.4) is 0 Å². The Hall–Kier alpha value is -2.86. The van der Waals surface area contributed by atoms with Crippen LogP contribution in [0.2, 0.25) is 0 Å². The zero-order chi connectivity index (χ0) is 19.0. The SMILES string of the molecule is C[C@H](c1ccc(-n2cnc3ccccc32)cc1)N(C)C(=O)c1ccc(Br)o1. The number of benzene rings is 2. The van der Waals surface area contributed by atoms with E-state index in [1.54, 1.807) is 24.1 Å². The number of carbonyl (C=O) groups excluding carboxylic acids is 1. The zero-order valence-electron chi connectivity index (χ0n) is 15.0. The Bertz CT molecular complexity index is 1100. The Labute approximate surface area is 165 Å². The molecule has 5 nitrogen and oxygen atoms in total. The van der Waals surface area contributed by atoms with Crippen molar-refractivity contribution < 1.29 is 9.21 Å². The summed E-state index contributed by atoms with van der Waals surface area (Å²) in [6.07, 6.45) is 1.83. The topological polar surface area (TPSA) is 51.3 Å². The number of amides is 1. The van der Waals surface area contributed by atoms with Crippen LogP contribution in [0.4, 0.5) is 0 Å². The lowest BCUT2D eigenvalue weighted by molar-refractivity contribution is 0.0709. The molecule has 2 aromatic heterocycles. The Morgan fingerprint density at radius 3 is 2.56 bits per heavy atom. The van der Waals surface area contributed by atoms with Crippen LogP contribution in [0, 0.1) is 0 Å². The Kier molecular flexibility index (Phi) is 4.58. The van der Waals surface area contributed by atoms with Crippen molar-refractivity contribution in [1.29, 1.82) is 0 Å². The van der Waals surface area contributed by atoms with Gasteiger partial charge >= 0.3 is 0 Å². The monoisotopic (exact) mass is 423 g/mol. The van der Waals surface area contributed by atoms with Crippen LogP contribution in [0.1, 0.15) is 29.1 Å². The van der Waals surface area contributed by atoms with E-state index in [-0.39, 0.29) is 11.9 Å². The number of aromatic nitrogens is 2. The summed E-state index contributed by atoms with van der Waals surface area (Å²) in [6, 6.07) is 19.5. The van der Waals surface area contributed by atoms with E-state index in [0.717, 1.165) is 22.3 Å². The number of halogens is 1. The molecule has 0 unspecified atom stereocenters. The van der Waals surface area contributed by atoms with Gasteiger partial charge in [0.2, 0.25) is 0 Å². The summed E-state index contributed by atoms with van der Waals surface area (Å²) in [5, 5.41) is 0. The fourth-order valence-corrected chi connectivity index (χ4v) is 3.39. The third-order valence-corrected chi connectivity index (χ3v) is 5.22. The summed E-state index contributed by atoms with van der Waals surface area (Å²) >= 11 is 3.23. The number of hydrogen-bond acceptors (Lipinski definition) is 3. The van der Waals surface area contributed by atoms with Crippen LogP contribution in [0.15, 0.2) is 76.1 Å². The van der Waals surface area contributed by atoms with Gasteiger partial charge in [0.25, 0.3) is 5.91 Å². The number of fused-ring (bicyclic) bond motifs is 1. The number of carbonyl (C=O) groups is 1. The lowest BCUT2D eigenvalue weighted by Crippen LogP contribution is -2.29. The minimum atomic E-state index is -0.155. The molecule has 0 aliphatic heterocycles. The number of imidazole rings is 1. The number of hydrogen-bond donors (Lipinski definition) is 0. The van der Waals surface area contributed by atoms with Crippen LogP contribution in [0.5, 0.6) is 0 Å². The second-order valence-corrected chi connectivity index (χ2v) is 7.17. The van der Waals surface area contributed by atoms with E-state index in [0.29, 0.717) is 10.4 Å². The van der Waals surface area contributed by atoms with Crippen molar-refractivity contribution >= 4 is 32.9 Å². The second-order valence-electron chi connectivity index (χ2n) is 6.39. The molecular weight excluding hydrogens is 406 g/mol. The highest BCUT2D eigenvalue weighted by Gasteiger charge is 2.21. The first-order valence-electron chi connectivity index (χ1n) is 8.59. The van der Waals surface area contributed by atoms with Gasteiger partial charge in [0.05, 0.1) is 17.1 Å². The highest BCUT2D eigenvalue weighted by atomic mass is 79.9. The van der Waals surface area contributed by atoms with Gasteiger partial charge in [0, 0.05) is 12.7 Å². The maximum Gasteiger partial charge on any atom is 0.289 e. The molecule has 0 bridgehead atoms. The second kappa shape index (κ2) is 7.04. The van der Waals surface area contributed by atoms with Crippen LogP contribution in [-0.2, 0) is 0 Å². The Balaban J connectivity index is 1.57. The first-order valence-corrected chi connectivity index (χ1v) is 9.39. The third-order valence-electron chi connectivity index (χ3n) is 4.79. The van der Waals surface area contributed by atoms with Gasteiger partial charge in [-0.25, -0.2) is 4.98 Å². The molecule has 0 fully saturated rings. The van der Waals surface area contributed by atoms with Gasteiger partial charge in [-0.15, -0.1) is 0 Å². The van der Waals surface area contributed by atoms with Crippen molar-refractivity contribution in [2.45, 2.75) is 13.0 Å². The van der Waals surface area contributed by atoms with Crippen LogP contribution >= 0.6 is 15.9 Å². The molecule has 0 radical (unpaired) electrons. The number of furan rings is 1. The first-order chi connectivity index (χ1) is 13.0. The highest BCUT2D eigenvalue weighted by molar-refractivity contribution is 9.10. The number of para-hydroxylation sites is 2. The third kappa shape index (κ3) is 3.28. The molecule has 27 heavy (non-hydrogen) atoms. The molecule has 0 saturated heterocycles. The summed E-state index contributed by atoms with van der Waals surface area (Å²) in [6.45, 7) is 2.00. The van der Waals surface area contributed by atoms with Crippen molar-refractivity contribution in [1.82, 2.24) is 14.5 Å². The van der Waals surface area contributed by atoms with Crippen molar-refractivity contribution in [3.8, 4) is 5.69 Å². The maximum atomic E-state index is 12.6. The predicted molar refractivity (Wildman–Crippen MR) is 108 cm³/mol. The minimum absolute atomic E-state index is 0.0880. The molecule has 2 heterocycles. The van der Waals surface area contributed by atoms with Gasteiger partial charge in [-0.1, -0.05) is 24.3 Å². The largest absolute Gasteiger partial charge is 0.444 e. The molecule has 0 spiro atoms. The van der Waals surface area contributed by atoms with Crippen LogP contribution < -0.4 is 0 Å². The van der Waals surface area contributed by atoms with Gasteiger partial charge in [-0.2, -0.15) is 0 Å². The molecule has 4 aromatic rings. The summed E-state index contributed by atoms with van der Waals surface area (Å²) in [5.41, 5.74) is 4.10. The van der Waals surface area contributed by atoms with E-state index in [4.69, 9.17) is 4.42 Å². The molecule has 136 valence electrons. The van der Waals surface area contributed by atoms with Crippen molar-refractivity contribution in [3.63, 3.8) is 0 Å².